The lowest BCUT2D eigenvalue weighted by Crippen LogP contribution is -2.41. The van der Waals surface area contributed by atoms with E-state index >= 15 is 0 Å². The standard InChI is InChI=1S/C14H16ClNO3/c1-9-5-6-10(11(15)8-9)13(17)16-7-3-4-12(16)14(18)19-2/h5-6,8,12H,3-4,7H2,1-2H3. The van der Waals surface area contributed by atoms with Crippen molar-refractivity contribution >= 4 is 23.5 Å². The van der Waals surface area contributed by atoms with Crippen LogP contribution in [0.1, 0.15) is 28.8 Å². The Morgan fingerprint density at radius 2 is 2.16 bits per heavy atom. The van der Waals surface area contributed by atoms with Gasteiger partial charge in [0.15, 0.2) is 0 Å². The minimum absolute atomic E-state index is 0.210. The number of aryl methyl sites for hydroxylation is 1. The van der Waals surface area contributed by atoms with Crippen molar-refractivity contribution in [3.05, 3.63) is 34.3 Å². The number of hydrogen-bond donors (Lipinski definition) is 0. The van der Waals surface area contributed by atoms with E-state index in [0.29, 0.717) is 23.6 Å². The first-order chi connectivity index (χ1) is 9.04. The molecule has 4 nitrogen and oxygen atoms in total. The maximum absolute atomic E-state index is 12.4. The first-order valence-corrected chi connectivity index (χ1v) is 6.57. The summed E-state index contributed by atoms with van der Waals surface area (Å²) in [6.45, 7) is 2.47. The Balaban J connectivity index is 2.25. The molecule has 1 unspecified atom stereocenters. The quantitative estimate of drug-likeness (QED) is 0.782. The van der Waals surface area contributed by atoms with Crippen molar-refractivity contribution in [1.29, 1.82) is 0 Å². The SMILES string of the molecule is COC(=O)C1CCCN1C(=O)c1ccc(C)cc1Cl. The summed E-state index contributed by atoms with van der Waals surface area (Å²) in [7, 11) is 1.34. The number of ether oxygens (including phenoxy) is 1. The summed E-state index contributed by atoms with van der Waals surface area (Å²) in [5.74, 6) is -0.577. The summed E-state index contributed by atoms with van der Waals surface area (Å²) in [5, 5.41) is 0.417. The third-order valence-electron chi connectivity index (χ3n) is 3.34. The van der Waals surface area contributed by atoms with Crippen molar-refractivity contribution in [2.45, 2.75) is 25.8 Å². The number of halogens is 1. The molecule has 0 radical (unpaired) electrons. The van der Waals surface area contributed by atoms with Gasteiger partial charge in [0, 0.05) is 6.54 Å². The van der Waals surface area contributed by atoms with E-state index in [2.05, 4.69) is 0 Å². The molecule has 0 spiro atoms. The van der Waals surface area contributed by atoms with Gasteiger partial charge in [0.05, 0.1) is 17.7 Å². The van der Waals surface area contributed by atoms with Crippen molar-refractivity contribution in [2.24, 2.45) is 0 Å². The topological polar surface area (TPSA) is 46.6 Å². The van der Waals surface area contributed by atoms with E-state index < -0.39 is 6.04 Å². The van der Waals surface area contributed by atoms with Gasteiger partial charge in [-0.3, -0.25) is 4.79 Å². The fraction of sp³-hybridized carbons (Fsp3) is 0.429. The summed E-state index contributed by atoms with van der Waals surface area (Å²) >= 11 is 6.10. The molecule has 0 N–H and O–H groups in total. The number of benzene rings is 1. The molecule has 1 aliphatic rings. The highest BCUT2D eigenvalue weighted by Crippen LogP contribution is 2.25. The number of carbonyl (C=O) groups is 2. The zero-order valence-corrected chi connectivity index (χ0v) is 11.7. The molecule has 1 aromatic rings. The van der Waals surface area contributed by atoms with Crippen molar-refractivity contribution < 1.29 is 14.3 Å². The predicted molar refractivity (Wildman–Crippen MR) is 72.3 cm³/mol. The molecule has 1 aromatic carbocycles. The Bertz CT molecular complexity index is 515. The van der Waals surface area contributed by atoms with Crippen LogP contribution in [0.3, 0.4) is 0 Å². The van der Waals surface area contributed by atoms with E-state index in [4.69, 9.17) is 16.3 Å². The smallest absolute Gasteiger partial charge is 0.328 e. The predicted octanol–water partition coefficient (Wildman–Crippen LogP) is 2.43. The number of likely N-dealkylation sites (tertiary alicyclic amines) is 1. The van der Waals surface area contributed by atoms with Crippen LogP contribution in [0.2, 0.25) is 5.02 Å². The highest BCUT2D eigenvalue weighted by molar-refractivity contribution is 6.34. The second-order valence-corrected chi connectivity index (χ2v) is 5.07. The summed E-state index contributed by atoms with van der Waals surface area (Å²) < 4.78 is 4.73. The number of carbonyl (C=O) groups excluding carboxylic acids is 2. The molecule has 0 aromatic heterocycles. The lowest BCUT2D eigenvalue weighted by Gasteiger charge is -2.23. The molecule has 102 valence electrons. The van der Waals surface area contributed by atoms with Gasteiger partial charge in [0.25, 0.3) is 5.91 Å². The van der Waals surface area contributed by atoms with Crippen LogP contribution in [-0.2, 0) is 9.53 Å². The monoisotopic (exact) mass is 281 g/mol. The zero-order chi connectivity index (χ0) is 14.0. The van der Waals surface area contributed by atoms with Crippen LogP contribution in [0.4, 0.5) is 0 Å². The van der Waals surface area contributed by atoms with E-state index in [9.17, 15) is 9.59 Å². The largest absolute Gasteiger partial charge is 0.467 e. The van der Waals surface area contributed by atoms with Gasteiger partial charge >= 0.3 is 5.97 Å². The fourth-order valence-corrected chi connectivity index (χ4v) is 2.66. The number of amides is 1. The van der Waals surface area contributed by atoms with Crippen molar-refractivity contribution in [3.63, 3.8) is 0 Å². The van der Waals surface area contributed by atoms with Crippen LogP contribution in [0.25, 0.3) is 0 Å². The Labute approximate surface area is 117 Å². The highest BCUT2D eigenvalue weighted by Gasteiger charge is 2.35. The van der Waals surface area contributed by atoms with Crippen LogP contribution < -0.4 is 0 Å². The van der Waals surface area contributed by atoms with Gasteiger partial charge in [-0.05, 0) is 37.5 Å². The van der Waals surface area contributed by atoms with Gasteiger partial charge in [-0.25, -0.2) is 4.79 Å². The van der Waals surface area contributed by atoms with Crippen LogP contribution in [0.5, 0.6) is 0 Å². The Morgan fingerprint density at radius 3 is 2.79 bits per heavy atom. The Kier molecular flexibility index (Phi) is 4.10. The van der Waals surface area contributed by atoms with Crippen LogP contribution in [0.15, 0.2) is 18.2 Å². The maximum atomic E-state index is 12.4. The van der Waals surface area contributed by atoms with Crippen molar-refractivity contribution in [3.8, 4) is 0 Å². The van der Waals surface area contributed by atoms with Crippen molar-refractivity contribution in [1.82, 2.24) is 4.90 Å². The summed E-state index contributed by atoms with van der Waals surface area (Å²) in [4.78, 5) is 25.6. The molecule has 1 heterocycles. The van der Waals surface area contributed by atoms with Gasteiger partial charge in [-0.15, -0.1) is 0 Å². The molecule has 5 heteroatoms. The maximum Gasteiger partial charge on any atom is 0.328 e. The van der Waals surface area contributed by atoms with Crippen LogP contribution in [0, 0.1) is 6.92 Å². The lowest BCUT2D eigenvalue weighted by atomic mass is 10.1. The van der Waals surface area contributed by atoms with Crippen molar-refractivity contribution in [2.75, 3.05) is 13.7 Å². The van der Waals surface area contributed by atoms with E-state index in [1.807, 2.05) is 13.0 Å². The molecule has 2 rings (SSSR count). The fourth-order valence-electron chi connectivity index (χ4n) is 2.34. The molecule has 0 bridgehead atoms. The average Bonchev–Trinajstić information content (AvgIpc) is 2.86. The molecule has 1 aliphatic heterocycles. The molecule has 19 heavy (non-hydrogen) atoms. The zero-order valence-electron chi connectivity index (χ0n) is 11.0. The normalized spacial score (nSPS) is 18.5. The van der Waals surface area contributed by atoms with E-state index in [1.165, 1.54) is 7.11 Å². The summed E-state index contributed by atoms with van der Waals surface area (Å²) in [5.41, 5.74) is 1.43. The minimum Gasteiger partial charge on any atom is -0.467 e. The first kappa shape index (κ1) is 13.9. The van der Waals surface area contributed by atoms with E-state index in [-0.39, 0.29) is 11.9 Å². The van der Waals surface area contributed by atoms with Gasteiger partial charge < -0.3 is 9.64 Å². The van der Waals surface area contributed by atoms with Crippen LogP contribution >= 0.6 is 11.6 Å². The van der Waals surface area contributed by atoms with E-state index in [0.717, 1.165) is 12.0 Å². The molecule has 1 atom stereocenters. The first-order valence-electron chi connectivity index (χ1n) is 6.19. The van der Waals surface area contributed by atoms with Gasteiger partial charge in [-0.2, -0.15) is 0 Å². The molecule has 1 amide bonds. The van der Waals surface area contributed by atoms with Gasteiger partial charge in [0.2, 0.25) is 0 Å². The highest BCUT2D eigenvalue weighted by atomic mass is 35.5. The van der Waals surface area contributed by atoms with Crippen LogP contribution in [-0.4, -0.2) is 36.5 Å². The minimum atomic E-state index is -0.491. The Hall–Kier alpha value is -1.55. The third-order valence-corrected chi connectivity index (χ3v) is 3.65. The second kappa shape index (κ2) is 5.61. The van der Waals surface area contributed by atoms with Gasteiger partial charge in [0.1, 0.15) is 6.04 Å². The molecule has 1 saturated heterocycles. The molecule has 0 aliphatic carbocycles. The number of hydrogen-bond acceptors (Lipinski definition) is 3. The average molecular weight is 282 g/mol. The number of esters is 1. The van der Waals surface area contributed by atoms with E-state index in [1.54, 1.807) is 17.0 Å². The molecular formula is C14H16ClNO3. The Morgan fingerprint density at radius 1 is 1.42 bits per heavy atom. The summed E-state index contributed by atoms with van der Waals surface area (Å²) in [6.07, 6.45) is 1.44. The number of rotatable bonds is 2. The summed E-state index contributed by atoms with van der Waals surface area (Å²) in [6, 6.07) is 4.79. The second-order valence-electron chi connectivity index (χ2n) is 4.66. The number of nitrogens with zero attached hydrogens (tertiary/aromatic N) is 1. The van der Waals surface area contributed by atoms with Gasteiger partial charge in [-0.1, -0.05) is 17.7 Å². The molecule has 1 fully saturated rings. The number of methoxy groups -OCH3 is 1. The molecule has 0 saturated carbocycles. The molecular weight excluding hydrogens is 266 g/mol. The lowest BCUT2D eigenvalue weighted by molar-refractivity contribution is -0.145. The third kappa shape index (κ3) is 2.73.